The summed E-state index contributed by atoms with van der Waals surface area (Å²) in [5, 5.41) is 21.8. The van der Waals surface area contributed by atoms with E-state index in [-0.39, 0.29) is 11.4 Å². The predicted molar refractivity (Wildman–Crippen MR) is 146 cm³/mol. The summed E-state index contributed by atoms with van der Waals surface area (Å²) >= 11 is 2.80. The number of amides is 1. The maximum absolute atomic E-state index is 13.3. The molecule has 0 aliphatic carbocycles. The van der Waals surface area contributed by atoms with Gasteiger partial charge < -0.3 is 4.57 Å². The van der Waals surface area contributed by atoms with Crippen molar-refractivity contribution in [1.82, 2.24) is 14.8 Å². The number of para-hydroxylation sites is 1. The Morgan fingerprint density at radius 3 is 2.57 bits per heavy atom. The number of hydrogen-bond donors (Lipinski definition) is 1. The van der Waals surface area contributed by atoms with Crippen LogP contribution in [0.5, 0.6) is 0 Å². The number of carbonyl (C=O) groups excluding carboxylic acids is 1. The SMILES string of the molecule is N#C/C(=C\c1cn(Cc2ccc(F)cc2)c2ccccc12)C(=O)Nc1nnc(SCc2ccccc2)s1. The Morgan fingerprint density at radius 2 is 1.78 bits per heavy atom. The Morgan fingerprint density at radius 1 is 1.03 bits per heavy atom. The van der Waals surface area contributed by atoms with Crippen LogP contribution in [0.15, 0.2) is 95.0 Å². The standard InChI is InChI=1S/C28H20FN5OS2/c29-23-12-10-19(11-13-23)16-34-17-22(24-8-4-5-9-25(24)34)14-21(15-30)26(35)31-27-32-33-28(37-27)36-18-20-6-2-1-3-7-20/h1-14,17H,16,18H2,(H,31,32,35)/b21-14+. The first-order valence-corrected chi connectivity index (χ1v) is 13.1. The third-order valence-electron chi connectivity index (χ3n) is 5.58. The Kier molecular flexibility index (Phi) is 7.40. The first-order chi connectivity index (χ1) is 18.1. The van der Waals surface area contributed by atoms with Gasteiger partial charge in [-0.05, 0) is 35.4 Å². The second kappa shape index (κ2) is 11.2. The number of rotatable bonds is 8. The van der Waals surface area contributed by atoms with Crippen molar-refractivity contribution < 1.29 is 9.18 Å². The molecule has 0 atom stereocenters. The molecule has 9 heteroatoms. The number of halogens is 1. The van der Waals surface area contributed by atoms with Gasteiger partial charge in [-0.15, -0.1) is 10.2 Å². The van der Waals surface area contributed by atoms with Crippen molar-refractivity contribution >= 4 is 51.1 Å². The van der Waals surface area contributed by atoms with Gasteiger partial charge in [0, 0.05) is 35.0 Å². The van der Waals surface area contributed by atoms with Gasteiger partial charge in [0.25, 0.3) is 5.91 Å². The van der Waals surface area contributed by atoms with E-state index in [0.717, 1.165) is 32.1 Å². The number of nitrogens with zero attached hydrogens (tertiary/aromatic N) is 4. The molecular formula is C28H20FN5OS2. The number of hydrogen-bond acceptors (Lipinski definition) is 6. The van der Waals surface area contributed by atoms with Gasteiger partial charge in [-0.1, -0.05) is 83.8 Å². The molecule has 1 N–H and O–H groups in total. The lowest BCUT2D eigenvalue weighted by atomic mass is 10.1. The highest BCUT2D eigenvalue weighted by Gasteiger charge is 2.15. The van der Waals surface area contributed by atoms with Crippen molar-refractivity contribution in [2.45, 2.75) is 16.6 Å². The van der Waals surface area contributed by atoms with E-state index < -0.39 is 5.91 Å². The van der Waals surface area contributed by atoms with Crippen molar-refractivity contribution in [3.05, 3.63) is 113 Å². The zero-order valence-corrected chi connectivity index (χ0v) is 21.1. The van der Waals surface area contributed by atoms with E-state index in [0.29, 0.717) is 11.7 Å². The summed E-state index contributed by atoms with van der Waals surface area (Å²) in [5.74, 6) is -0.0882. The molecule has 0 aliphatic rings. The highest BCUT2D eigenvalue weighted by Crippen LogP contribution is 2.29. The first kappa shape index (κ1) is 24.4. The van der Waals surface area contributed by atoms with Crippen molar-refractivity contribution in [3.8, 4) is 6.07 Å². The summed E-state index contributed by atoms with van der Waals surface area (Å²) < 4.78 is 16.1. The molecule has 5 rings (SSSR count). The Labute approximate surface area is 221 Å². The summed E-state index contributed by atoms with van der Waals surface area (Å²) in [4.78, 5) is 12.9. The normalized spacial score (nSPS) is 11.4. The maximum atomic E-state index is 13.3. The lowest BCUT2D eigenvalue weighted by Crippen LogP contribution is -2.13. The molecule has 0 bridgehead atoms. The predicted octanol–water partition coefficient (Wildman–Crippen LogP) is 6.52. The average molecular weight is 526 g/mol. The summed E-state index contributed by atoms with van der Waals surface area (Å²) in [5.41, 5.74) is 3.74. The van der Waals surface area contributed by atoms with Gasteiger partial charge in [-0.2, -0.15) is 5.26 Å². The van der Waals surface area contributed by atoms with Crippen LogP contribution in [-0.2, 0) is 17.1 Å². The van der Waals surface area contributed by atoms with Crippen molar-refractivity contribution in [2.24, 2.45) is 0 Å². The van der Waals surface area contributed by atoms with Crippen LogP contribution < -0.4 is 5.32 Å². The number of fused-ring (bicyclic) bond motifs is 1. The van der Waals surface area contributed by atoms with E-state index in [4.69, 9.17) is 0 Å². The molecule has 2 heterocycles. The molecule has 5 aromatic rings. The van der Waals surface area contributed by atoms with E-state index >= 15 is 0 Å². The number of nitriles is 1. The van der Waals surface area contributed by atoms with E-state index in [1.54, 1.807) is 18.2 Å². The number of aromatic nitrogens is 3. The van der Waals surface area contributed by atoms with E-state index in [1.807, 2.05) is 71.4 Å². The molecule has 0 fully saturated rings. The van der Waals surface area contributed by atoms with Crippen LogP contribution >= 0.6 is 23.1 Å². The Bertz CT molecular complexity index is 1620. The van der Waals surface area contributed by atoms with Crippen molar-refractivity contribution in [3.63, 3.8) is 0 Å². The number of carbonyl (C=O) groups is 1. The molecule has 1 amide bonds. The molecule has 6 nitrogen and oxygen atoms in total. The molecule has 0 aliphatic heterocycles. The topological polar surface area (TPSA) is 83.6 Å². The summed E-state index contributed by atoms with van der Waals surface area (Å²) in [6.45, 7) is 0.525. The molecular weight excluding hydrogens is 505 g/mol. The molecule has 3 aromatic carbocycles. The maximum Gasteiger partial charge on any atom is 0.268 e. The third kappa shape index (κ3) is 5.94. The van der Waals surface area contributed by atoms with Crippen LogP contribution in [0.4, 0.5) is 9.52 Å². The van der Waals surface area contributed by atoms with Gasteiger partial charge >= 0.3 is 0 Å². The second-order valence-electron chi connectivity index (χ2n) is 8.13. The Balaban J connectivity index is 1.33. The molecule has 182 valence electrons. The van der Waals surface area contributed by atoms with Crippen LogP contribution in [0.3, 0.4) is 0 Å². The monoisotopic (exact) mass is 525 g/mol. The molecule has 0 spiro atoms. The number of benzene rings is 3. The van der Waals surface area contributed by atoms with Crippen LogP contribution in [0.2, 0.25) is 0 Å². The highest BCUT2D eigenvalue weighted by atomic mass is 32.2. The molecule has 0 unspecified atom stereocenters. The molecule has 2 aromatic heterocycles. The molecule has 0 saturated heterocycles. The average Bonchev–Trinajstić information content (AvgIpc) is 3.52. The quantitative estimate of drug-likeness (QED) is 0.108. The van der Waals surface area contributed by atoms with Gasteiger partial charge in [-0.3, -0.25) is 10.1 Å². The van der Waals surface area contributed by atoms with Crippen LogP contribution in [0, 0.1) is 17.1 Å². The number of anilines is 1. The third-order valence-corrected chi connectivity index (χ3v) is 7.63. The van der Waals surface area contributed by atoms with Crippen molar-refractivity contribution in [1.29, 1.82) is 5.26 Å². The zero-order valence-electron chi connectivity index (χ0n) is 19.5. The summed E-state index contributed by atoms with van der Waals surface area (Å²) in [7, 11) is 0. The van der Waals surface area contributed by atoms with Gasteiger partial charge in [0.2, 0.25) is 5.13 Å². The fourth-order valence-electron chi connectivity index (χ4n) is 3.81. The smallest absolute Gasteiger partial charge is 0.268 e. The van der Waals surface area contributed by atoms with Gasteiger partial charge in [-0.25, -0.2) is 4.39 Å². The fraction of sp³-hybridized carbons (Fsp3) is 0.0714. The minimum Gasteiger partial charge on any atom is -0.342 e. The van der Waals surface area contributed by atoms with E-state index in [1.165, 1.54) is 40.8 Å². The zero-order chi connectivity index (χ0) is 25.6. The lowest BCUT2D eigenvalue weighted by Gasteiger charge is -2.05. The molecule has 0 saturated carbocycles. The largest absolute Gasteiger partial charge is 0.342 e. The number of nitrogens with one attached hydrogen (secondary N) is 1. The van der Waals surface area contributed by atoms with Gasteiger partial charge in [0.1, 0.15) is 17.5 Å². The number of thioether (sulfide) groups is 1. The van der Waals surface area contributed by atoms with E-state index in [9.17, 15) is 14.4 Å². The Hall–Kier alpha value is -4.26. The van der Waals surface area contributed by atoms with Crippen molar-refractivity contribution in [2.75, 3.05) is 5.32 Å². The minimum atomic E-state index is -0.548. The molecule has 37 heavy (non-hydrogen) atoms. The summed E-state index contributed by atoms with van der Waals surface area (Å²) in [6, 6.07) is 26.1. The van der Waals surface area contributed by atoms with Crippen LogP contribution in [0.25, 0.3) is 17.0 Å². The van der Waals surface area contributed by atoms with Crippen LogP contribution in [-0.4, -0.2) is 20.7 Å². The van der Waals surface area contributed by atoms with E-state index in [2.05, 4.69) is 15.5 Å². The molecule has 0 radical (unpaired) electrons. The summed E-state index contributed by atoms with van der Waals surface area (Å²) in [6.07, 6.45) is 3.47. The highest BCUT2D eigenvalue weighted by molar-refractivity contribution is 8.00. The van der Waals surface area contributed by atoms with Gasteiger partial charge in [0.15, 0.2) is 4.34 Å². The van der Waals surface area contributed by atoms with Gasteiger partial charge in [0.05, 0.1) is 0 Å². The first-order valence-electron chi connectivity index (χ1n) is 11.3. The lowest BCUT2D eigenvalue weighted by molar-refractivity contribution is -0.112. The van der Waals surface area contributed by atoms with Crippen LogP contribution in [0.1, 0.15) is 16.7 Å². The fourth-order valence-corrected chi connectivity index (χ4v) is 5.52. The second-order valence-corrected chi connectivity index (χ2v) is 10.3. The minimum absolute atomic E-state index is 0.0432.